The van der Waals surface area contributed by atoms with Crippen molar-refractivity contribution >= 4 is 11.6 Å². The summed E-state index contributed by atoms with van der Waals surface area (Å²) in [4.78, 5) is 23.8. The molecule has 1 unspecified atom stereocenters. The van der Waals surface area contributed by atoms with E-state index >= 15 is 0 Å². The van der Waals surface area contributed by atoms with Gasteiger partial charge in [0.2, 0.25) is 0 Å². The van der Waals surface area contributed by atoms with E-state index in [2.05, 4.69) is 0 Å². The molecule has 2 heterocycles. The van der Waals surface area contributed by atoms with Crippen LogP contribution in [-0.4, -0.2) is 29.1 Å². The summed E-state index contributed by atoms with van der Waals surface area (Å²) in [7, 11) is 0. The summed E-state index contributed by atoms with van der Waals surface area (Å²) in [6.45, 7) is 0. The summed E-state index contributed by atoms with van der Waals surface area (Å²) in [6, 6.07) is 0. The van der Waals surface area contributed by atoms with Gasteiger partial charge in [-0.2, -0.15) is 0 Å². The fourth-order valence-corrected chi connectivity index (χ4v) is 4.05. The van der Waals surface area contributed by atoms with Gasteiger partial charge < -0.3 is 9.47 Å². The third-order valence-electron chi connectivity index (χ3n) is 5.07. The maximum Gasteiger partial charge on any atom is 0.178 e. The van der Waals surface area contributed by atoms with Crippen molar-refractivity contribution in [2.75, 3.05) is 0 Å². The molecule has 2 saturated heterocycles. The molecule has 0 amide bonds. The molecule has 3 atom stereocenters. The molecule has 0 aromatic rings. The molecule has 0 N–H and O–H groups in total. The molecule has 3 fully saturated rings. The summed E-state index contributed by atoms with van der Waals surface area (Å²) in [5.41, 5.74) is -0.860. The molecule has 2 aliphatic heterocycles. The van der Waals surface area contributed by atoms with E-state index in [1.807, 2.05) is 0 Å². The lowest BCUT2D eigenvalue weighted by molar-refractivity contribution is -0.227. The second-order valence-corrected chi connectivity index (χ2v) is 6.28. The predicted octanol–water partition coefficient (Wildman–Crippen LogP) is 2.09. The maximum absolute atomic E-state index is 12.4. The van der Waals surface area contributed by atoms with Crippen LogP contribution in [0.2, 0.25) is 0 Å². The standard InChI is InChI=1S/C16H18O4/c17-12-6-9-15(10-7-12)14-13(18)5-4-11-3-1-2-8-16(11,19-14)20-15/h6-7,9-11,14H,1-5,8H2/t11?,14-,16-/m0/s1. The molecule has 0 aromatic heterocycles. The van der Waals surface area contributed by atoms with Crippen LogP contribution in [0.1, 0.15) is 38.5 Å². The molecule has 4 nitrogen and oxygen atoms in total. The molecule has 2 spiro atoms. The average Bonchev–Trinajstić information content (AvgIpc) is 2.67. The minimum Gasteiger partial charge on any atom is -0.335 e. The van der Waals surface area contributed by atoms with E-state index in [9.17, 15) is 9.59 Å². The van der Waals surface area contributed by atoms with Crippen molar-refractivity contribution in [1.82, 2.24) is 0 Å². The van der Waals surface area contributed by atoms with Gasteiger partial charge in [0, 0.05) is 18.8 Å². The molecule has 4 heteroatoms. The van der Waals surface area contributed by atoms with E-state index in [1.54, 1.807) is 12.2 Å². The molecule has 0 aromatic carbocycles. The predicted molar refractivity (Wildman–Crippen MR) is 70.9 cm³/mol. The van der Waals surface area contributed by atoms with E-state index in [-0.39, 0.29) is 11.6 Å². The van der Waals surface area contributed by atoms with Gasteiger partial charge >= 0.3 is 0 Å². The SMILES string of the molecule is O=C1C=CC2(C=C1)O[C@@]13CCCCC1CCC(=O)[C@@H]2O3. The van der Waals surface area contributed by atoms with Gasteiger partial charge in [-0.25, -0.2) is 0 Å². The van der Waals surface area contributed by atoms with Crippen LogP contribution in [0.5, 0.6) is 0 Å². The van der Waals surface area contributed by atoms with Crippen molar-refractivity contribution in [1.29, 1.82) is 0 Å². The highest BCUT2D eigenvalue weighted by atomic mass is 16.8. The summed E-state index contributed by atoms with van der Waals surface area (Å²) >= 11 is 0. The van der Waals surface area contributed by atoms with Gasteiger partial charge in [-0.1, -0.05) is 6.42 Å². The Kier molecular flexibility index (Phi) is 2.57. The van der Waals surface area contributed by atoms with Gasteiger partial charge in [0.25, 0.3) is 0 Å². The van der Waals surface area contributed by atoms with Gasteiger partial charge in [-0.05, 0) is 43.6 Å². The highest BCUT2D eigenvalue weighted by molar-refractivity contribution is 6.01. The number of carbonyl (C=O) groups is 2. The number of fused-ring (bicyclic) bond motifs is 2. The number of carbonyl (C=O) groups excluding carboxylic acids is 2. The largest absolute Gasteiger partial charge is 0.335 e. The summed E-state index contributed by atoms with van der Waals surface area (Å²) in [5.74, 6) is -0.294. The zero-order valence-corrected chi connectivity index (χ0v) is 11.3. The summed E-state index contributed by atoms with van der Waals surface area (Å²) < 4.78 is 12.5. The van der Waals surface area contributed by atoms with E-state index in [1.165, 1.54) is 18.6 Å². The van der Waals surface area contributed by atoms with Gasteiger partial charge in [0.1, 0.15) is 5.60 Å². The lowest BCUT2D eigenvalue weighted by Crippen LogP contribution is -2.46. The van der Waals surface area contributed by atoms with Crippen LogP contribution in [-0.2, 0) is 19.1 Å². The van der Waals surface area contributed by atoms with Gasteiger partial charge in [0.05, 0.1) is 0 Å². The summed E-state index contributed by atoms with van der Waals surface area (Å²) in [5, 5.41) is 0. The number of Topliss-reactive ketones (excluding diaryl/α,β-unsaturated/α-hetero) is 1. The highest BCUT2D eigenvalue weighted by Crippen LogP contribution is 2.53. The molecule has 4 rings (SSSR count). The number of ether oxygens (including phenoxy) is 2. The van der Waals surface area contributed by atoms with E-state index in [4.69, 9.17) is 9.47 Å². The normalized spacial score (nSPS) is 41.8. The first kappa shape index (κ1) is 12.5. The number of rotatable bonds is 0. The average molecular weight is 274 g/mol. The van der Waals surface area contributed by atoms with E-state index < -0.39 is 17.5 Å². The monoisotopic (exact) mass is 274 g/mol. The molecule has 1 saturated carbocycles. The van der Waals surface area contributed by atoms with Crippen LogP contribution in [0.3, 0.4) is 0 Å². The van der Waals surface area contributed by atoms with Gasteiger partial charge in [-0.15, -0.1) is 0 Å². The first-order valence-corrected chi connectivity index (χ1v) is 7.47. The first-order valence-electron chi connectivity index (χ1n) is 7.47. The summed E-state index contributed by atoms with van der Waals surface area (Å²) in [6.07, 6.45) is 11.4. The highest BCUT2D eigenvalue weighted by Gasteiger charge is 2.62. The van der Waals surface area contributed by atoms with Crippen LogP contribution < -0.4 is 0 Å². The van der Waals surface area contributed by atoms with E-state index in [0.29, 0.717) is 12.3 Å². The third kappa shape index (κ3) is 1.61. The number of hydrogen-bond acceptors (Lipinski definition) is 4. The van der Waals surface area contributed by atoms with Crippen molar-refractivity contribution in [3.63, 3.8) is 0 Å². The van der Waals surface area contributed by atoms with Crippen LogP contribution >= 0.6 is 0 Å². The third-order valence-corrected chi connectivity index (χ3v) is 5.07. The molecule has 0 radical (unpaired) electrons. The lowest BCUT2D eigenvalue weighted by atomic mass is 9.79. The van der Waals surface area contributed by atoms with Crippen LogP contribution in [0.15, 0.2) is 24.3 Å². The minimum absolute atomic E-state index is 0.0661. The van der Waals surface area contributed by atoms with Crippen molar-refractivity contribution in [2.45, 2.75) is 56.0 Å². The second kappa shape index (κ2) is 4.12. The Bertz CT molecular complexity index is 517. The van der Waals surface area contributed by atoms with Crippen LogP contribution in [0.25, 0.3) is 0 Å². The fourth-order valence-electron chi connectivity index (χ4n) is 4.05. The first-order chi connectivity index (χ1) is 9.64. The topological polar surface area (TPSA) is 52.6 Å². The minimum atomic E-state index is -0.860. The molecule has 20 heavy (non-hydrogen) atoms. The van der Waals surface area contributed by atoms with Crippen molar-refractivity contribution < 1.29 is 19.1 Å². The maximum atomic E-state index is 12.4. The molecule has 4 aliphatic rings. The zero-order valence-electron chi connectivity index (χ0n) is 11.3. The van der Waals surface area contributed by atoms with E-state index in [0.717, 1.165) is 25.7 Å². The number of ketones is 2. The Morgan fingerprint density at radius 1 is 1.10 bits per heavy atom. The zero-order chi connectivity index (χ0) is 13.8. The van der Waals surface area contributed by atoms with Crippen molar-refractivity contribution in [2.24, 2.45) is 5.92 Å². The number of allylic oxidation sites excluding steroid dienone is 2. The fraction of sp³-hybridized carbons (Fsp3) is 0.625. The molecule has 106 valence electrons. The van der Waals surface area contributed by atoms with Gasteiger partial charge in [-0.3, -0.25) is 9.59 Å². The Labute approximate surface area is 117 Å². The van der Waals surface area contributed by atoms with Crippen molar-refractivity contribution in [3.8, 4) is 0 Å². The Hall–Kier alpha value is -1.26. The molecular weight excluding hydrogens is 256 g/mol. The lowest BCUT2D eigenvalue weighted by Gasteiger charge is -2.40. The second-order valence-electron chi connectivity index (χ2n) is 6.28. The molecular formula is C16H18O4. The van der Waals surface area contributed by atoms with Crippen molar-refractivity contribution in [3.05, 3.63) is 24.3 Å². The van der Waals surface area contributed by atoms with Gasteiger partial charge in [0.15, 0.2) is 23.5 Å². The number of hydrogen-bond donors (Lipinski definition) is 0. The molecule has 2 bridgehead atoms. The quantitative estimate of drug-likeness (QED) is 0.678. The van der Waals surface area contributed by atoms with Crippen LogP contribution in [0, 0.1) is 5.92 Å². The Morgan fingerprint density at radius 2 is 1.90 bits per heavy atom. The molecule has 2 aliphatic carbocycles. The van der Waals surface area contributed by atoms with Crippen LogP contribution in [0.4, 0.5) is 0 Å². The Morgan fingerprint density at radius 3 is 2.70 bits per heavy atom. The Balaban J connectivity index is 1.78. The smallest absolute Gasteiger partial charge is 0.178 e.